The van der Waals surface area contributed by atoms with E-state index >= 15 is 0 Å². The first-order valence-electron chi connectivity index (χ1n) is 8.99. The molecule has 138 valence electrons. The molecule has 0 radical (unpaired) electrons. The van der Waals surface area contributed by atoms with Crippen LogP contribution in [-0.4, -0.2) is 48.0 Å². The van der Waals surface area contributed by atoms with Gasteiger partial charge in [0, 0.05) is 49.8 Å². The molecule has 0 spiro atoms. The maximum absolute atomic E-state index is 12.4. The van der Waals surface area contributed by atoms with Gasteiger partial charge in [-0.25, -0.2) is 9.97 Å². The lowest BCUT2D eigenvalue weighted by atomic mass is 10.1. The number of hydrogen-bond donors (Lipinski definition) is 0. The first kappa shape index (κ1) is 18.7. The smallest absolute Gasteiger partial charge is 0.253 e. The maximum atomic E-state index is 12.4. The van der Waals surface area contributed by atoms with Crippen LogP contribution >= 0.6 is 11.8 Å². The van der Waals surface area contributed by atoms with Gasteiger partial charge < -0.3 is 9.80 Å². The van der Waals surface area contributed by atoms with Crippen molar-refractivity contribution in [3.8, 4) is 0 Å². The van der Waals surface area contributed by atoms with Crippen molar-refractivity contribution in [1.29, 1.82) is 0 Å². The molecule has 1 saturated heterocycles. The Labute approximate surface area is 159 Å². The van der Waals surface area contributed by atoms with Crippen molar-refractivity contribution < 1.29 is 4.79 Å². The van der Waals surface area contributed by atoms with Crippen LogP contribution in [0.3, 0.4) is 0 Å². The Morgan fingerprint density at radius 2 is 1.77 bits per heavy atom. The fraction of sp³-hybridized carbons (Fsp3) is 0.450. The predicted molar refractivity (Wildman–Crippen MR) is 107 cm³/mol. The van der Waals surface area contributed by atoms with Crippen LogP contribution < -0.4 is 4.90 Å². The fourth-order valence-electron chi connectivity index (χ4n) is 3.08. The number of rotatable bonds is 5. The Morgan fingerprint density at radius 3 is 2.38 bits per heavy atom. The number of benzene rings is 1. The molecule has 1 aliphatic heterocycles. The molecule has 0 unspecified atom stereocenters. The molecule has 0 aliphatic carbocycles. The summed E-state index contributed by atoms with van der Waals surface area (Å²) in [6, 6.07) is 7.93. The van der Waals surface area contributed by atoms with Gasteiger partial charge >= 0.3 is 0 Å². The van der Waals surface area contributed by atoms with Crippen LogP contribution in [-0.2, 0) is 5.75 Å². The van der Waals surface area contributed by atoms with Gasteiger partial charge in [-0.3, -0.25) is 4.79 Å². The third-order valence-electron chi connectivity index (χ3n) is 4.73. The number of likely N-dealkylation sites (tertiary alicyclic amines) is 1. The summed E-state index contributed by atoms with van der Waals surface area (Å²) in [7, 11) is 4.00. The Hall–Kier alpha value is -2.08. The van der Waals surface area contributed by atoms with E-state index in [2.05, 4.69) is 16.9 Å². The van der Waals surface area contributed by atoms with Crippen molar-refractivity contribution in [2.45, 2.75) is 37.6 Å². The topological polar surface area (TPSA) is 49.3 Å². The van der Waals surface area contributed by atoms with E-state index in [9.17, 15) is 4.79 Å². The summed E-state index contributed by atoms with van der Waals surface area (Å²) >= 11 is 1.62. The highest BCUT2D eigenvalue weighted by Gasteiger charge is 2.19. The molecule has 0 atom stereocenters. The van der Waals surface area contributed by atoms with Crippen LogP contribution in [0.1, 0.15) is 40.0 Å². The number of aryl methyl sites for hydroxylation is 1. The molecular weight excluding hydrogens is 344 g/mol. The van der Waals surface area contributed by atoms with Crippen molar-refractivity contribution in [3.63, 3.8) is 0 Å². The van der Waals surface area contributed by atoms with Gasteiger partial charge in [0.05, 0.1) is 0 Å². The van der Waals surface area contributed by atoms with E-state index in [1.165, 1.54) is 5.56 Å². The molecule has 2 aromatic rings. The van der Waals surface area contributed by atoms with E-state index < -0.39 is 0 Å². The lowest BCUT2D eigenvalue weighted by molar-refractivity contribution is 0.0793. The zero-order valence-corrected chi connectivity index (χ0v) is 16.8. The van der Waals surface area contributed by atoms with E-state index in [4.69, 9.17) is 0 Å². The third-order valence-corrected chi connectivity index (χ3v) is 5.65. The highest BCUT2D eigenvalue weighted by molar-refractivity contribution is 7.98. The molecule has 5 nitrogen and oxygen atoms in total. The minimum absolute atomic E-state index is 0.148. The van der Waals surface area contributed by atoms with Crippen molar-refractivity contribution in [2.75, 3.05) is 32.1 Å². The number of carbonyl (C=O) groups is 1. The van der Waals surface area contributed by atoms with E-state index in [0.29, 0.717) is 0 Å². The minimum Gasteiger partial charge on any atom is -0.362 e. The molecule has 6 heteroatoms. The molecule has 1 aromatic carbocycles. The zero-order chi connectivity index (χ0) is 18.7. The lowest BCUT2D eigenvalue weighted by Gasteiger charge is -2.16. The number of hydrogen-bond acceptors (Lipinski definition) is 5. The van der Waals surface area contributed by atoms with Crippen LogP contribution in [0.4, 0.5) is 5.82 Å². The normalized spacial score (nSPS) is 13.9. The summed E-state index contributed by atoms with van der Waals surface area (Å²) in [6.07, 6.45) is 2.23. The van der Waals surface area contributed by atoms with Crippen molar-refractivity contribution >= 4 is 23.5 Å². The Bertz CT molecular complexity index is 783. The van der Waals surface area contributed by atoms with Gasteiger partial charge in [-0.2, -0.15) is 0 Å². The molecule has 0 bridgehead atoms. The lowest BCUT2D eigenvalue weighted by Crippen LogP contribution is -2.27. The number of carbonyl (C=O) groups excluding carboxylic acids is 1. The minimum atomic E-state index is 0.148. The maximum Gasteiger partial charge on any atom is 0.253 e. The van der Waals surface area contributed by atoms with Crippen molar-refractivity contribution in [3.05, 3.63) is 46.6 Å². The molecule has 1 amide bonds. The summed E-state index contributed by atoms with van der Waals surface area (Å²) in [5.41, 5.74) is 4.07. The fourth-order valence-corrected chi connectivity index (χ4v) is 3.92. The van der Waals surface area contributed by atoms with Crippen LogP contribution in [0.2, 0.25) is 0 Å². The van der Waals surface area contributed by atoms with E-state index in [-0.39, 0.29) is 5.91 Å². The summed E-state index contributed by atoms with van der Waals surface area (Å²) in [4.78, 5) is 25.6. The van der Waals surface area contributed by atoms with Gasteiger partial charge in [-0.05, 0) is 44.4 Å². The van der Waals surface area contributed by atoms with Crippen LogP contribution in [0.25, 0.3) is 0 Å². The molecule has 26 heavy (non-hydrogen) atoms. The predicted octanol–water partition coefficient (Wildman–Crippen LogP) is 3.69. The Balaban J connectivity index is 1.66. The summed E-state index contributed by atoms with van der Waals surface area (Å²) in [5, 5.41) is 0.786. The first-order valence-corrected chi connectivity index (χ1v) is 9.98. The van der Waals surface area contributed by atoms with Crippen LogP contribution in [0.15, 0.2) is 29.4 Å². The number of thioether (sulfide) groups is 1. The quantitative estimate of drug-likeness (QED) is 0.593. The molecule has 0 N–H and O–H groups in total. The Kier molecular flexibility index (Phi) is 5.81. The van der Waals surface area contributed by atoms with E-state index in [1.807, 2.05) is 55.1 Å². The molecule has 1 aliphatic rings. The molecule has 1 aromatic heterocycles. The second-order valence-corrected chi connectivity index (χ2v) is 7.86. The van der Waals surface area contributed by atoms with Crippen molar-refractivity contribution in [1.82, 2.24) is 14.9 Å². The third kappa shape index (κ3) is 4.18. The van der Waals surface area contributed by atoms with E-state index in [0.717, 1.165) is 59.5 Å². The van der Waals surface area contributed by atoms with Gasteiger partial charge in [0.1, 0.15) is 5.82 Å². The summed E-state index contributed by atoms with van der Waals surface area (Å²) < 4.78 is 0. The number of anilines is 1. The molecule has 1 fully saturated rings. The van der Waals surface area contributed by atoms with Gasteiger partial charge in [-0.1, -0.05) is 23.9 Å². The first-order chi connectivity index (χ1) is 12.5. The van der Waals surface area contributed by atoms with Gasteiger partial charge in [0.15, 0.2) is 5.16 Å². The number of aromatic nitrogens is 2. The monoisotopic (exact) mass is 370 g/mol. The number of amides is 1. The van der Waals surface area contributed by atoms with Crippen molar-refractivity contribution in [2.24, 2.45) is 0 Å². The largest absolute Gasteiger partial charge is 0.362 e. The highest BCUT2D eigenvalue weighted by Crippen LogP contribution is 2.25. The SMILES string of the molecule is Cc1nc(SCc2ccc(C(=O)N3CCCC3)cc2)nc(N(C)C)c1C. The standard InChI is InChI=1S/C20H26N4OS/c1-14-15(2)21-20(22-18(14)23(3)4)26-13-16-7-9-17(10-8-16)19(25)24-11-5-6-12-24/h7-10H,5-6,11-13H2,1-4H3. The molecule has 0 saturated carbocycles. The highest BCUT2D eigenvalue weighted by atomic mass is 32.2. The van der Waals surface area contributed by atoms with Crippen LogP contribution in [0, 0.1) is 13.8 Å². The van der Waals surface area contributed by atoms with Gasteiger partial charge in [0.2, 0.25) is 0 Å². The van der Waals surface area contributed by atoms with E-state index in [1.54, 1.807) is 11.8 Å². The second-order valence-electron chi connectivity index (χ2n) is 6.92. The summed E-state index contributed by atoms with van der Waals surface area (Å²) in [5.74, 6) is 1.90. The molecule has 3 rings (SSSR count). The second kappa shape index (κ2) is 8.08. The average molecular weight is 371 g/mol. The average Bonchev–Trinajstić information content (AvgIpc) is 3.17. The molecular formula is C20H26N4OS. The molecule has 2 heterocycles. The van der Waals surface area contributed by atoms with Gasteiger partial charge in [0.25, 0.3) is 5.91 Å². The Morgan fingerprint density at radius 1 is 1.12 bits per heavy atom. The number of nitrogens with zero attached hydrogens (tertiary/aromatic N) is 4. The zero-order valence-electron chi connectivity index (χ0n) is 16.0. The van der Waals surface area contributed by atoms with Gasteiger partial charge in [-0.15, -0.1) is 0 Å². The van der Waals surface area contributed by atoms with Crippen LogP contribution in [0.5, 0.6) is 0 Å². The summed E-state index contributed by atoms with van der Waals surface area (Å²) in [6.45, 7) is 5.84.